The number of nitrogens with two attached hydrogens (primary N) is 1. The first-order valence-corrected chi connectivity index (χ1v) is 12.6. The number of fused-ring (bicyclic) bond motifs is 1. The number of aliphatic hydroxyl groups is 1. The number of rotatable bonds is 8. The van der Waals surface area contributed by atoms with Gasteiger partial charge in [0.1, 0.15) is 29.9 Å². The minimum absolute atomic E-state index is 0.106. The zero-order valence-corrected chi connectivity index (χ0v) is 20.9. The van der Waals surface area contributed by atoms with Gasteiger partial charge in [0.15, 0.2) is 5.65 Å². The van der Waals surface area contributed by atoms with Gasteiger partial charge >= 0.3 is 0 Å². The van der Waals surface area contributed by atoms with E-state index in [4.69, 9.17) is 20.8 Å². The van der Waals surface area contributed by atoms with Gasteiger partial charge in [0.25, 0.3) is 0 Å². The van der Waals surface area contributed by atoms with Crippen LogP contribution < -0.4 is 15.8 Å². The Kier molecular flexibility index (Phi) is 7.19. The van der Waals surface area contributed by atoms with Crippen molar-refractivity contribution >= 4 is 16.9 Å². The van der Waals surface area contributed by atoms with Crippen molar-refractivity contribution in [3.63, 3.8) is 0 Å². The summed E-state index contributed by atoms with van der Waals surface area (Å²) in [5.74, 6) is 1.99. The van der Waals surface area contributed by atoms with E-state index >= 15 is 0 Å². The van der Waals surface area contributed by atoms with E-state index in [1.165, 1.54) is 6.33 Å². The molecule has 3 unspecified atom stereocenters. The van der Waals surface area contributed by atoms with E-state index in [1.54, 1.807) is 0 Å². The third-order valence-electron chi connectivity index (χ3n) is 7.10. The number of nitrogen functional groups attached to an aromatic ring is 1. The molecule has 1 saturated heterocycles. The number of nitrogens with zero attached hydrogens (tertiary/aromatic N) is 6. The number of hydrogen-bond acceptors (Lipinski definition) is 9. The van der Waals surface area contributed by atoms with E-state index < -0.39 is 11.6 Å². The highest BCUT2D eigenvalue weighted by molar-refractivity contribution is 5.89. The van der Waals surface area contributed by atoms with Gasteiger partial charge in [-0.1, -0.05) is 31.2 Å². The predicted molar refractivity (Wildman–Crippen MR) is 140 cm³/mol. The molecule has 5 rings (SSSR count). The summed E-state index contributed by atoms with van der Waals surface area (Å²) in [4.78, 5) is 10.7. The summed E-state index contributed by atoms with van der Waals surface area (Å²) >= 11 is 0. The minimum atomic E-state index is -0.735. The van der Waals surface area contributed by atoms with E-state index in [0.29, 0.717) is 31.1 Å². The van der Waals surface area contributed by atoms with Crippen LogP contribution >= 0.6 is 0 Å². The van der Waals surface area contributed by atoms with Crippen LogP contribution in [0.2, 0.25) is 0 Å². The minimum Gasteiger partial charge on any atom is -0.458 e. The molecule has 0 bridgehead atoms. The Bertz CT molecular complexity index is 1350. The normalized spacial score (nSPS) is 22.9. The van der Waals surface area contributed by atoms with Crippen molar-refractivity contribution in [3.05, 3.63) is 66.3 Å². The molecule has 1 aromatic carbocycles. The highest BCUT2D eigenvalue weighted by Crippen LogP contribution is 2.38. The number of hydrogen-bond donors (Lipinski definition) is 3. The molecule has 3 aromatic rings. The summed E-state index contributed by atoms with van der Waals surface area (Å²) in [5.41, 5.74) is 7.43. The molecule has 192 valence electrons. The molecule has 1 aliphatic carbocycles. The molecule has 10 nitrogen and oxygen atoms in total. The monoisotopic (exact) mass is 500 g/mol. The third kappa shape index (κ3) is 5.34. The fourth-order valence-corrected chi connectivity index (χ4v) is 5.00. The lowest BCUT2D eigenvalue weighted by Crippen LogP contribution is -2.49. The number of ether oxygens (including phenoxy) is 1. The second-order valence-electron chi connectivity index (χ2n) is 9.82. The maximum absolute atomic E-state index is 10.2. The number of anilines is 1. The lowest BCUT2D eigenvalue weighted by Gasteiger charge is -2.35. The highest BCUT2D eigenvalue weighted by atomic mass is 16.5. The maximum Gasteiger partial charge on any atom is 0.164 e. The van der Waals surface area contributed by atoms with Crippen molar-refractivity contribution in [2.75, 3.05) is 18.8 Å². The molecule has 1 aliphatic heterocycles. The molecule has 4 N–H and O–H groups in total. The number of aromatic nitrogens is 4. The van der Waals surface area contributed by atoms with Crippen LogP contribution in [0.5, 0.6) is 5.75 Å². The van der Waals surface area contributed by atoms with Crippen molar-refractivity contribution in [1.29, 1.82) is 5.26 Å². The van der Waals surface area contributed by atoms with Crippen LogP contribution in [0.3, 0.4) is 0 Å². The quantitative estimate of drug-likeness (QED) is 0.426. The van der Waals surface area contributed by atoms with Crippen molar-refractivity contribution in [2.45, 2.75) is 57.0 Å². The number of benzene rings is 1. The average molecular weight is 501 g/mol. The zero-order valence-electron chi connectivity index (χ0n) is 20.9. The lowest BCUT2D eigenvalue weighted by molar-refractivity contribution is -0.0127. The topological polar surface area (TPSA) is 138 Å². The SMILES string of the molecule is CC1(c2nn(CNC3CCCN(C(O)CC#N)C3)c3ncnc(N)c23)C=CC(Oc2ccccc2)=CC1. The van der Waals surface area contributed by atoms with Gasteiger partial charge in [-0.2, -0.15) is 10.4 Å². The summed E-state index contributed by atoms with van der Waals surface area (Å²) in [6.45, 7) is 4.02. The Morgan fingerprint density at radius 1 is 1.32 bits per heavy atom. The van der Waals surface area contributed by atoms with Crippen LogP contribution in [0.25, 0.3) is 11.0 Å². The Morgan fingerprint density at radius 2 is 2.16 bits per heavy atom. The molecule has 10 heteroatoms. The van der Waals surface area contributed by atoms with Gasteiger partial charge < -0.3 is 15.6 Å². The van der Waals surface area contributed by atoms with Gasteiger partial charge in [0.05, 0.1) is 30.2 Å². The summed E-state index contributed by atoms with van der Waals surface area (Å²) in [5, 5.41) is 28.4. The number of para-hydroxylation sites is 1. The lowest BCUT2D eigenvalue weighted by atomic mass is 9.79. The Hall–Kier alpha value is -3.78. The van der Waals surface area contributed by atoms with Crippen LogP contribution in [-0.2, 0) is 12.1 Å². The van der Waals surface area contributed by atoms with Gasteiger partial charge in [0, 0.05) is 24.5 Å². The smallest absolute Gasteiger partial charge is 0.164 e. The van der Waals surface area contributed by atoms with E-state index in [-0.39, 0.29) is 12.5 Å². The third-order valence-corrected chi connectivity index (χ3v) is 7.10. The molecule has 2 aromatic heterocycles. The zero-order chi connectivity index (χ0) is 25.8. The number of aliphatic hydroxyl groups excluding tert-OH is 1. The molecule has 2 aliphatic rings. The van der Waals surface area contributed by atoms with Crippen LogP contribution in [0.15, 0.2) is 60.6 Å². The number of allylic oxidation sites excluding steroid dienone is 3. The highest BCUT2D eigenvalue weighted by Gasteiger charge is 2.33. The molecule has 0 radical (unpaired) electrons. The average Bonchev–Trinajstić information content (AvgIpc) is 3.31. The van der Waals surface area contributed by atoms with E-state index in [9.17, 15) is 5.11 Å². The molecule has 3 atom stereocenters. The Balaban J connectivity index is 1.34. The van der Waals surface area contributed by atoms with Crippen LogP contribution in [0, 0.1) is 11.3 Å². The van der Waals surface area contributed by atoms with Gasteiger partial charge in [-0.25, -0.2) is 14.6 Å². The second kappa shape index (κ2) is 10.7. The first-order chi connectivity index (χ1) is 18.0. The first-order valence-electron chi connectivity index (χ1n) is 12.6. The summed E-state index contributed by atoms with van der Waals surface area (Å²) < 4.78 is 7.84. The molecule has 1 fully saturated rings. The van der Waals surface area contributed by atoms with Crippen molar-refractivity contribution in [1.82, 2.24) is 30.0 Å². The molecule has 0 saturated carbocycles. The van der Waals surface area contributed by atoms with E-state index in [1.807, 2.05) is 52.1 Å². The van der Waals surface area contributed by atoms with Crippen molar-refractivity contribution in [3.8, 4) is 11.8 Å². The molecular formula is C27H32N8O2. The van der Waals surface area contributed by atoms with Crippen LogP contribution in [-0.4, -0.2) is 55.1 Å². The molecule has 0 spiro atoms. The second-order valence-corrected chi connectivity index (χ2v) is 9.82. The number of piperidine rings is 1. The van der Waals surface area contributed by atoms with Gasteiger partial charge in [-0.15, -0.1) is 0 Å². The molecule has 37 heavy (non-hydrogen) atoms. The molecule has 3 heterocycles. The van der Waals surface area contributed by atoms with Gasteiger partial charge in [-0.3, -0.25) is 10.2 Å². The van der Waals surface area contributed by atoms with Gasteiger partial charge in [-0.05, 0) is 43.5 Å². The predicted octanol–water partition coefficient (Wildman–Crippen LogP) is 2.83. The Labute approximate surface area is 216 Å². The van der Waals surface area contributed by atoms with Gasteiger partial charge in [0.2, 0.25) is 0 Å². The number of nitrogens with one attached hydrogen (secondary N) is 1. The first kappa shape index (κ1) is 24.9. The number of nitriles is 1. The maximum atomic E-state index is 10.2. The number of likely N-dealkylation sites (tertiary alicyclic amines) is 1. The fraction of sp³-hybridized carbons (Fsp3) is 0.407. The van der Waals surface area contributed by atoms with E-state index in [2.05, 4.69) is 34.4 Å². The molecular weight excluding hydrogens is 468 g/mol. The van der Waals surface area contributed by atoms with Crippen LogP contribution in [0.4, 0.5) is 5.82 Å². The standard InChI is InChI=1S/C27H32N8O2/c1-27(12-9-21(10-13-27)37-20-7-3-2-4-8-20)24-23-25(29)30-17-31-26(23)35(33-24)18-32-19-6-5-15-34(16-19)22(36)11-14-28/h2-4,7-10,12,17,19,22,32,36H,5-6,11,13,15-16,18H2,1H3,(H2,29,30,31). The summed E-state index contributed by atoms with van der Waals surface area (Å²) in [6.07, 6.45) is 9.60. The summed E-state index contributed by atoms with van der Waals surface area (Å²) in [6, 6.07) is 11.9. The van der Waals surface area contributed by atoms with Crippen LogP contribution in [0.1, 0.15) is 38.3 Å². The largest absolute Gasteiger partial charge is 0.458 e. The summed E-state index contributed by atoms with van der Waals surface area (Å²) in [7, 11) is 0. The molecule has 0 amide bonds. The van der Waals surface area contributed by atoms with Crippen molar-refractivity contribution < 1.29 is 9.84 Å². The Morgan fingerprint density at radius 3 is 2.92 bits per heavy atom. The fourth-order valence-electron chi connectivity index (χ4n) is 5.00. The van der Waals surface area contributed by atoms with Crippen molar-refractivity contribution in [2.24, 2.45) is 0 Å². The van der Waals surface area contributed by atoms with E-state index in [0.717, 1.165) is 42.0 Å².